The first-order valence-electron chi connectivity index (χ1n) is 3.91. The normalized spacial score (nSPS) is 10.6. The number of carbonyl (C=O) groups is 3. The summed E-state index contributed by atoms with van der Waals surface area (Å²) in [5.41, 5.74) is 0.157. The summed E-state index contributed by atoms with van der Waals surface area (Å²) in [6.07, 6.45) is 0.669. The van der Waals surface area contributed by atoms with Crippen molar-refractivity contribution in [3.63, 3.8) is 0 Å². The molecule has 0 amide bonds. The number of Topliss-reactive ketones (excluding diaryl/α,β-unsaturated/α-hetero) is 1. The molecule has 5 nitrogen and oxygen atoms in total. The summed E-state index contributed by atoms with van der Waals surface area (Å²) >= 11 is 0. The number of rotatable bonds is 4. The van der Waals surface area contributed by atoms with Gasteiger partial charge >= 0.3 is 11.9 Å². The Kier molecular flexibility index (Phi) is 5.21. The molecule has 0 atom stereocenters. The van der Waals surface area contributed by atoms with Crippen molar-refractivity contribution in [3.05, 3.63) is 11.8 Å². The lowest BCUT2D eigenvalue weighted by Crippen LogP contribution is -2.07. The van der Waals surface area contributed by atoms with Gasteiger partial charge in [0.1, 0.15) is 18.5 Å². The maximum atomic E-state index is 10.8. The number of ether oxygens (including phenoxy) is 2. The van der Waals surface area contributed by atoms with Crippen LogP contribution >= 0.6 is 0 Å². The van der Waals surface area contributed by atoms with Crippen molar-refractivity contribution < 1.29 is 23.9 Å². The van der Waals surface area contributed by atoms with Crippen LogP contribution in [0.1, 0.15) is 20.3 Å². The molecule has 0 fully saturated rings. The van der Waals surface area contributed by atoms with Crippen LogP contribution in [-0.4, -0.2) is 24.8 Å². The highest BCUT2D eigenvalue weighted by atomic mass is 16.5. The largest absolute Gasteiger partial charge is 0.466 e. The summed E-state index contributed by atoms with van der Waals surface area (Å²) in [5, 5.41) is 0. The smallest absolute Gasteiger partial charge is 0.336 e. The molecule has 78 valence electrons. The van der Waals surface area contributed by atoms with Crippen molar-refractivity contribution in [3.8, 4) is 0 Å². The second-order valence-corrected chi connectivity index (χ2v) is 2.66. The molecule has 0 saturated heterocycles. The van der Waals surface area contributed by atoms with E-state index in [9.17, 15) is 14.4 Å². The van der Waals surface area contributed by atoms with E-state index >= 15 is 0 Å². The van der Waals surface area contributed by atoms with Gasteiger partial charge in [0.2, 0.25) is 0 Å². The van der Waals surface area contributed by atoms with Crippen LogP contribution in [0.15, 0.2) is 11.8 Å². The minimum Gasteiger partial charge on any atom is -0.466 e. The highest BCUT2D eigenvalue weighted by molar-refractivity contribution is 5.94. The fraction of sp³-hybridized carbons (Fsp3) is 0.444. The molecule has 0 aromatic heterocycles. The molecule has 0 aliphatic carbocycles. The van der Waals surface area contributed by atoms with Crippen molar-refractivity contribution >= 4 is 17.7 Å². The summed E-state index contributed by atoms with van der Waals surface area (Å²) < 4.78 is 8.87. The molecule has 0 rings (SSSR count). The fourth-order valence-corrected chi connectivity index (χ4v) is 0.608. The van der Waals surface area contributed by atoms with Crippen LogP contribution in [-0.2, 0) is 23.9 Å². The van der Waals surface area contributed by atoms with Gasteiger partial charge in [0.25, 0.3) is 0 Å². The molecular formula is C9H12O5. The van der Waals surface area contributed by atoms with E-state index in [0.29, 0.717) is 0 Å². The van der Waals surface area contributed by atoms with Crippen LogP contribution in [0, 0.1) is 0 Å². The standard InChI is InChI=1S/C9H12O5/c1-6(9(12)13-3)5-14-8(11)4-7(2)10/h5H,4H2,1-3H3. The van der Waals surface area contributed by atoms with Gasteiger partial charge in [0.05, 0.1) is 12.7 Å². The van der Waals surface area contributed by atoms with Gasteiger partial charge < -0.3 is 9.47 Å². The quantitative estimate of drug-likeness (QED) is 0.287. The molecule has 0 saturated carbocycles. The van der Waals surface area contributed by atoms with Gasteiger partial charge in [-0.2, -0.15) is 0 Å². The Morgan fingerprint density at radius 2 is 1.79 bits per heavy atom. The summed E-state index contributed by atoms with van der Waals surface area (Å²) in [5.74, 6) is -1.57. The van der Waals surface area contributed by atoms with Crippen molar-refractivity contribution in [2.75, 3.05) is 7.11 Å². The van der Waals surface area contributed by atoms with Crippen LogP contribution in [0.4, 0.5) is 0 Å². The molecule has 14 heavy (non-hydrogen) atoms. The molecule has 0 aromatic carbocycles. The van der Waals surface area contributed by atoms with Crippen molar-refractivity contribution in [2.45, 2.75) is 20.3 Å². The second-order valence-electron chi connectivity index (χ2n) is 2.66. The van der Waals surface area contributed by atoms with Gasteiger partial charge in [-0.3, -0.25) is 9.59 Å². The van der Waals surface area contributed by atoms with Gasteiger partial charge in [0.15, 0.2) is 0 Å². The third-order valence-electron chi connectivity index (χ3n) is 1.27. The first-order valence-corrected chi connectivity index (χ1v) is 3.91. The third kappa shape index (κ3) is 5.08. The Hall–Kier alpha value is -1.65. The summed E-state index contributed by atoms with van der Waals surface area (Å²) in [7, 11) is 1.22. The second kappa shape index (κ2) is 5.90. The Morgan fingerprint density at radius 3 is 2.21 bits per heavy atom. The maximum absolute atomic E-state index is 10.8. The van der Waals surface area contributed by atoms with Crippen LogP contribution < -0.4 is 0 Å². The number of hydrogen-bond donors (Lipinski definition) is 0. The maximum Gasteiger partial charge on any atom is 0.336 e. The number of carbonyl (C=O) groups excluding carboxylic acids is 3. The molecule has 0 aromatic rings. The zero-order valence-corrected chi connectivity index (χ0v) is 8.33. The SMILES string of the molecule is COC(=O)C(C)=COC(=O)CC(C)=O. The predicted molar refractivity (Wildman–Crippen MR) is 47.2 cm³/mol. The van der Waals surface area contributed by atoms with Gasteiger partial charge in [-0.25, -0.2) is 4.79 Å². The first-order chi connectivity index (χ1) is 6.47. The molecule has 0 N–H and O–H groups in total. The molecule has 0 heterocycles. The minimum absolute atomic E-state index is 0.157. The number of ketones is 1. The van der Waals surface area contributed by atoms with E-state index < -0.39 is 11.9 Å². The lowest BCUT2D eigenvalue weighted by Gasteiger charge is -1.99. The van der Waals surface area contributed by atoms with Gasteiger partial charge in [-0.05, 0) is 13.8 Å². The van der Waals surface area contributed by atoms with Crippen LogP contribution in [0.2, 0.25) is 0 Å². The van der Waals surface area contributed by atoms with Crippen molar-refractivity contribution in [2.24, 2.45) is 0 Å². The molecule has 5 heteroatoms. The van der Waals surface area contributed by atoms with E-state index in [1.165, 1.54) is 21.0 Å². The monoisotopic (exact) mass is 200 g/mol. The topological polar surface area (TPSA) is 69.7 Å². The van der Waals surface area contributed by atoms with E-state index in [2.05, 4.69) is 9.47 Å². The van der Waals surface area contributed by atoms with Crippen molar-refractivity contribution in [1.29, 1.82) is 0 Å². The Balaban J connectivity index is 4.09. The Morgan fingerprint density at radius 1 is 1.21 bits per heavy atom. The Labute approximate surface area is 81.7 Å². The van der Waals surface area contributed by atoms with Crippen LogP contribution in [0.3, 0.4) is 0 Å². The lowest BCUT2D eigenvalue weighted by atomic mass is 10.3. The average Bonchev–Trinajstić information content (AvgIpc) is 2.11. The van der Waals surface area contributed by atoms with E-state index in [1.54, 1.807) is 0 Å². The van der Waals surface area contributed by atoms with E-state index in [4.69, 9.17) is 0 Å². The van der Waals surface area contributed by atoms with Crippen LogP contribution in [0.25, 0.3) is 0 Å². The number of esters is 2. The third-order valence-corrected chi connectivity index (χ3v) is 1.27. The zero-order chi connectivity index (χ0) is 11.1. The zero-order valence-electron chi connectivity index (χ0n) is 8.33. The van der Waals surface area contributed by atoms with Crippen molar-refractivity contribution in [1.82, 2.24) is 0 Å². The van der Waals surface area contributed by atoms with Gasteiger partial charge in [0, 0.05) is 0 Å². The summed E-state index contributed by atoms with van der Waals surface area (Å²) in [6.45, 7) is 2.71. The Bertz CT molecular complexity index is 277. The summed E-state index contributed by atoms with van der Waals surface area (Å²) in [4.78, 5) is 32.1. The molecule has 0 unspecified atom stereocenters. The molecule has 0 bridgehead atoms. The average molecular weight is 200 g/mol. The minimum atomic E-state index is -0.694. The molecule has 0 aliphatic rings. The predicted octanol–water partition coefficient (Wildman–Crippen LogP) is 0.585. The first kappa shape index (κ1) is 12.3. The van der Waals surface area contributed by atoms with Gasteiger partial charge in [-0.15, -0.1) is 0 Å². The number of methoxy groups -OCH3 is 1. The molecular weight excluding hydrogens is 188 g/mol. The van der Waals surface area contributed by atoms with E-state index in [1.807, 2.05) is 0 Å². The fourth-order valence-electron chi connectivity index (χ4n) is 0.608. The van der Waals surface area contributed by atoms with E-state index in [-0.39, 0.29) is 17.8 Å². The number of hydrogen-bond acceptors (Lipinski definition) is 5. The van der Waals surface area contributed by atoms with Crippen LogP contribution in [0.5, 0.6) is 0 Å². The lowest BCUT2D eigenvalue weighted by molar-refractivity contribution is -0.140. The highest BCUT2D eigenvalue weighted by Crippen LogP contribution is 1.97. The van der Waals surface area contributed by atoms with E-state index in [0.717, 1.165) is 6.26 Å². The molecule has 0 spiro atoms. The van der Waals surface area contributed by atoms with Gasteiger partial charge in [-0.1, -0.05) is 0 Å². The molecule has 0 radical (unpaired) electrons. The summed E-state index contributed by atoms with van der Waals surface area (Å²) in [6, 6.07) is 0. The highest BCUT2D eigenvalue weighted by Gasteiger charge is 2.07. The molecule has 0 aliphatic heterocycles.